The van der Waals surface area contributed by atoms with E-state index >= 15 is 0 Å². The lowest BCUT2D eigenvalue weighted by Crippen LogP contribution is -2.25. The standard InChI is InChI=1S/C17H27NO3/c1-14(2)18-13-15-4-3-5-17(12-15)21-11-10-20-16-6-8-19-9-7-16/h3-5,12,14,16,18H,6-11,13H2,1-2H3. The van der Waals surface area contributed by atoms with Gasteiger partial charge in [-0.15, -0.1) is 0 Å². The minimum Gasteiger partial charge on any atom is -0.491 e. The second-order valence-corrected chi connectivity index (χ2v) is 5.71. The molecular weight excluding hydrogens is 266 g/mol. The summed E-state index contributed by atoms with van der Waals surface area (Å²) in [7, 11) is 0. The first-order valence-corrected chi connectivity index (χ1v) is 7.88. The molecule has 1 saturated heterocycles. The Labute approximate surface area is 127 Å². The monoisotopic (exact) mass is 293 g/mol. The van der Waals surface area contributed by atoms with Gasteiger partial charge in [-0.2, -0.15) is 0 Å². The summed E-state index contributed by atoms with van der Waals surface area (Å²) in [5.41, 5.74) is 1.24. The number of rotatable bonds is 8. The van der Waals surface area contributed by atoms with Crippen molar-refractivity contribution < 1.29 is 14.2 Å². The summed E-state index contributed by atoms with van der Waals surface area (Å²) in [6.45, 7) is 8.03. The van der Waals surface area contributed by atoms with Crippen LogP contribution >= 0.6 is 0 Å². The molecule has 1 aromatic carbocycles. The van der Waals surface area contributed by atoms with Gasteiger partial charge in [0.2, 0.25) is 0 Å². The maximum absolute atomic E-state index is 5.80. The summed E-state index contributed by atoms with van der Waals surface area (Å²) < 4.78 is 16.9. The van der Waals surface area contributed by atoms with E-state index in [-0.39, 0.29) is 0 Å². The lowest BCUT2D eigenvalue weighted by atomic mass is 10.2. The van der Waals surface area contributed by atoms with Crippen LogP contribution in [0, 0.1) is 0 Å². The number of nitrogens with one attached hydrogen (secondary N) is 1. The third-order valence-corrected chi connectivity index (χ3v) is 3.49. The highest BCUT2D eigenvalue weighted by Gasteiger charge is 2.13. The zero-order valence-corrected chi connectivity index (χ0v) is 13.1. The lowest BCUT2D eigenvalue weighted by molar-refractivity contribution is -0.0388. The molecule has 1 aliphatic heterocycles. The average Bonchev–Trinajstić information content (AvgIpc) is 2.51. The first kappa shape index (κ1) is 16.3. The van der Waals surface area contributed by atoms with Gasteiger partial charge in [-0.05, 0) is 30.5 Å². The van der Waals surface area contributed by atoms with Crippen molar-refractivity contribution in [3.63, 3.8) is 0 Å². The lowest BCUT2D eigenvalue weighted by Gasteiger charge is -2.22. The minimum atomic E-state index is 0.337. The zero-order valence-electron chi connectivity index (χ0n) is 13.1. The molecule has 1 aliphatic rings. The zero-order chi connectivity index (χ0) is 14.9. The van der Waals surface area contributed by atoms with Crippen molar-refractivity contribution in [3.8, 4) is 5.75 Å². The Morgan fingerprint density at radius 2 is 2.05 bits per heavy atom. The van der Waals surface area contributed by atoms with Crippen LogP contribution in [0.4, 0.5) is 0 Å². The average molecular weight is 293 g/mol. The third kappa shape index (κ3) is 6.46. The van der Waals surface area contributed by atoms with E-state index in [0.29, 0.717) is 25.4 Å². The van der Waals surface area contributed by atoms with E-state index in [4.69, 9.17) is 14.2 Å². The van der Waals surface area contributed by atoms with Crippen molar-refractivity contribution in [2.75, 3.05) is 26.4 Å². The molecule has 0 aliphatic carbocycles. The van der Waals surface area contributed by atoms with E-state index in [2.05, 4.69) is 31.3 Å². The molecule has 1 fully saturated rings. The molecule has 21 heavy (non-hydrogen) atoms. The summed E-state index contributed by atoms with van der Waals surface area (Å²) in [5.74, 6) is 0.911. The fraction of sp³-hybridized carbons (Fsp3) is 0.647. The molecule has 2 rings (SSSR count). The van der Waals surface area contributed by atoms with E-state index in [0.717, 1.165) is 38.3 Å². The number of ether oxygens (including phenoxy) is 3. The Balaban J connectivity index is 1.66. The SMILES string of the molecule is CC(C)NCc1cccc(OCCOC2CCOCC2)c1. The van der Waals surface area contributed by atoms with Crippen molar-refractivity contribution in [2.24, 2.45) is 0 Å². The molecule has 0 saturated carbocycles. The molecule has 118 valence electrons. The molecule has 0 amide bonds. The predicted octanol–water partition coefficient (Wildman–Crippen LogP) is 2.76. The van der Waals surface area contributed by atoms with Crippen LogP contribution in [0.1, 0.15) is 32.3 Å². The summed E-state index contributed by atoms with van der Waals surface area (Å²) in [6.07, 6.45) is 2.33. The molecule has 0 bridgehead atoms. The number of hydrogen-bond acceptors (Lipinski definition) is 4. The van der Waals surface area contributed by atoms with Gasteiger partial charge in [0.25, 0.3) is 0 Å². The minimum absolute atomic E-state index is 0.337. The Hall–Kier alpha value is -1.10. The normalized spacial score (nSPS) is 16.3. The predicted molar refractivity (Wildman–Crippen MR) is 83.7 cm³/mol. The third-order valence-electron chi connectivity index (χ3n) is 3.49. The van der Waals surface area contributed by atoms with E-state index in [9.17, 15) is 0 Å². The molecule has 0 unspecified atom stereocenters. The van der Waals surface area contributed by atoms with Gasteiger partial charge in [-0.1, -0.05) is 26.0 Å². The van der Waals surface area contributed by atoms with Gasteiger partial charge in [-0.25, -0.2) is 0 Å². The first-order valence-electron chi connectivity index (χ1n) is 7.88. The van der Waals surface area contributed by atoms with Gasteiger partial charge in [0.15, 0.2) is 0 Å². The van der Waals surface area contributed by atoms with Crippen LogP contribution in [-0.4, -0.2) is 38.6 Å². The molecule has 1 N–H and O–H groups in total. The van der Waals surface area contributed by atoms with Crippen LogP contribution in [0.3, 0.4) is 0 Å². The van der Waals surface area contributed by atoms with Crippen molar-refractivity contribution in [3.05, 3.63) is 29.8 Å². The molecule has 0 atom stereocenters. The van der Waals surface area contributed by atoms with Crippen LogP contribution in [0.25, 0.3) is 0 Å². The Kier molecular flexibility index (Phi) is 7.00. The van der Waals surface area contributed by atoms with E-state index in [1.165, 1.54) is 5.56 Å². The van der Waals surface area contributed by atoms with Gasteiger partial charge in [0.05, 0.1) is 12.7 Å². The quantitative estimate of drug-likeness (QED) is 0.748. The molecule has 1 heterocycles. The van der Waals surface area contributed by atoms with Gasteiger partial charge in [-0.3, -0.25) is 0 Å². The van der Waals surface area contributed by atoms with E-state index in [1.807, 2.05) is 12.1 Å². The second-order valence-electron chi connectivity index (χ2n) is 5.71. The highest BCUT2D eigenvalue weighted by molar-refractivity contribution is 5.28. The fourth-order valence-electron chi connectivity index (χ4n) is 2.28. The molecular formula is C17H27NO3. The van der Waals surface area contributed by atoms with E-state index < -0.39 is 0 Å². The van der Waals surface area contributed by atoms with Gasteiger partial charge < -0.3 is 19.5 Å². The maximum atomic E-state index is 5.80. The summed E-state index contributed by atoms with van der Waals surface area (Å²) >= 11 is 0. The number of benzene rings is 1. The highest BCUT2D eigenvalue weighted by Crippen LogP contribution is 2.14. The van der Waals surface area contributed by atoms with E-state index in [1.54, 1.807) is 0 Å². The van der Waals surface area contributed by atoms with Crippen LogP contribution in [0.5, 0.6) is 5.75 Å². The Morgan fingerprint density at radius 1 is 1.24 bits per heavy atom. The smallest absolute Gasteiger partial charge is 0.119 e. The molecule has 1 aromatic rings. The Bertz CT molecular complexity index is 403. The summed E-state index contributed by atoms with van der Waals surface area (Å²) in [4.78, 5) is 0. The molecule has 4 nitrogen and oxygen atoms in total. The summed E-state index contributed by atoms with van der Waals surface area (Å²) in [6, 6.07) is 8.71. The molecule has 0 spiro atoms. The van der Waals surface area contributed by atoms with Crippen LogP contribution in [0.15, 0.2) is 24.3 Å². The molecule has 0 aromatic heterocycles. The van der Waals surface area contributed by atoms with Crippen LogP contribution in [-0.2, 0) is 16.0 Å². The molecule has 0 radical (unpaired) electrons. The second kappa shape index (κ2) is 9.03. The van der Waals surface area contributed by atoms with Gasteiger partial charge in [0.1, 0.15) is 12.4 Å². The fourth-order valence-corrected chi connectivity index (χ4v) is 2.28. The van der Waals surface area contributed by atoms with Crippen molar-refractivity contribution in [1.82, 2.24) is 5.32 Å². The largest absolute Gasteiger partial charge is 0.491 e. The molecule has 4 heteroatoms. The van der Waals surface area contributed by atoms with Crippen LogP contribution in [0.2, 0.25) is 0 Å². The van der Waals surface area contributed by atoms with Crippen molar-refractivity contribution in [2.45, 2.75) is 45.4 Å². The Morgan fingerprint density at radius 3 is 2.81 bits per heavy atom. The highest BCUT2D eigenvalue weighted by atomic mass is 16.5. The topological polar surface area (TPSA) is 39.7 Å². The van der Waals surface area contributed by atoms with Crippen LogP contribution < -0.4 is 10.1 Å². The van der Waals surface area contributed by atoms with Crippen molar-refractivity contribution >= 4 is 0 Å². The van der Waals surface area contributed by atoms with Gasteiger partial charge >= 0.3 is 0 Å². The maximum Gasteiger partial charge on any atom is 0.119 e. The first-order chi connectivity index (χ1) is 10.2. The number of hydrogen-bond donors (Lipinski definition) is 1. The van der Waals surface area contributed by atoms with Gasteiger partial charge in [0, 0.05) is 25.8 Å². The van der Waals surface area contributed by atoms with Crippen molar-refractivity contribution in [1.29, 1.82) is 0 Å². The summed E-state index contributed by atoms with van der Waals surface area (Å²) in [5, 5.41) is 3.41.